The summed E-state index contributed by atoms with van der Waals surface area (Å²) in [5.74, 6) is -0.255. The van der Waals surface area contributed by atoms with Crippen LogP contribution < -0.4 is 0 Å². The Bertz CT molecular complexity index is 1160. The van der Waals surface area contributed by atoms with Crippen LogP contribution in [-0.4, -0.2) is 51.4 Å². The maximum atomic E-state index is 10.3. The summed E-state index contributed by atoms with van der Waals surface area (Å²) in [7, 11) is 0. The molecular weight excluding hydrogens is 386 g/mol. The lowest BCUT2D eigenvalue weighted by Gasteiger charge is -2.25. The van der Waals surface area contributed by atoms with Crippen molar-refractivity contribution < 1.29 is 14.9 Å². The zero-order chi connectivity index (χ0) is 19.8. The third kappa shape index (κ3) is 3.48. The summed E-state index contributed by atoms with van der Waals surface area (Å²) >= 11 is 1.78. The Hall–Kier alpha value is -2.87. The molecule has 0 amide bonds. The molecule has 1 aromatic carbocycles. The summed E-state index contributed by atoms with van der Waals surface area (Å²) in [5.41, 5.74) is 3.18. The molecule has 3 N–H and O–H groups in total. The number of rotatable bonds is 4. The van der Waals surface area contributed by atoms with E-state index in [1.165, 1.54) is 10.9 Å². The molecule has 4 aromatic rings. The van der Waals surface area contributed by atoms with Crippen LogP contribution in [0.1, 0.15) is 4.88 Å². The number of nitrogens with one attached hydrogen (secondary N) is 1. The number of thiophene rings is 1. The monoisotopic (exact) mass is 407 g/mol. The van der Waals surface area contributed by atoms with E-state index in [9.17, 15) is 10.2 Å². The first-order chi connectivity index (χ1) is 14.2. The van der Waals surface area contributed by atoms with E-state index < -0.39 is 0 Å². The van der Waals surface area contributed by atoms with Gasteiger partial charge in [-0.05, 0) is 24.3 Å². The van der Waals surface area contributed by atoms with Crippen molar-refractivity contribution in [3.8, 4) is 33.1 Å². The summed E-state index contributed by atoms with van der Waals surface area (Å²) in [6, 6.07) is 11.4. The lowest BCUT2D eigenvalue weighted by molar-refractivity contribution is 0.0346. The zero-order valence-electron chi connectivity index (χ0n) is 15.8. The molecule has 6 nitrogen and oxygen atoms in total. The number of morpholine rings is 1. The van der Waals surface area contributed by atoms with Crippen molar-refractivity contribution in [2.24, 2.45) is 0 Å². The van der Waals surface area contributed by atoms with Crippen LogP contribution in [0.2, 0.25) is 0 Å². The third-order valence-electron chi connectivity index (χ3n) is 5.27. The summed E-state index contributed by atoms with van der Waals surface area (Å²) in [5, 5.41) is 21.0. The topological polar surface area (TPSA) is 81.6 Å². The molecule has 0 atom stereocenters. The highest BCUT2D eigenvalue weighted by Gasteiger charge is 2.16. The highest BCUT2D eigenvalue weighted by Crippen LogP contribution is 2.40. The first-order valence-corrected chi connectivity index (χ1v) is 10.4. The minimum absolute atomic E-state index is 0.122. The van der Waals surface area contributed by atoms with Gasteiger partial charge in [-0.2, -0.15) is 0 Å². The molecule has 29 heavy (non-hydrogen) atoms. The number of hydrogen-bond donors (Lipinski definition) is 3. The van der Waals surface area contributed by atoms with Gasteiger partial charge in [-0.15, -0.1) is 11.3 Å². The number of nitrogens with zero attached hydrogens (tertiary/aromatic N) is 2. The number of phenolic OH excluding ortho intramolecular Hbond substituents is 2. The van der Waals surface area contributed by atoms with Crippen LogP contribution in [0.15, 0.2) is 48.8 Å². The van der Waals surface area contributed by atoms with Crippen molar-refractivity contribution in [1.29, 1.82) is 0 Å². The molecule has 3 aromatic heterocycles. The first-order valence-electron chi connectivity index (χ1n) is 9.56. The number of benzene rings is 1. The van der Waals surface area contributed by atoms with Gasteiger partial charge in [0.2, 0.25) is 0 Å². The summed E-state index contributed by atoms with van der Waals surface area (Å²) in [6.07, 6.45) is 3.68. The van der Waals surface area contributed by atoms with E-state index >= 15 is 0 Å². The summed E-state index contributed by atoms with van der Waals surface area (Å²) < 4.78 is 5.43. The number of aromatic nitrogens is 2. The highest BCUT2D eigenvalue weighted by atomic mass is 32.1. The van der Waals surface area contributed by atoms with Crippen LogP contribution in [0.3, 0.4) is 0 Å². The maximum absolute atomic E-state index is 10.3. The van der Waals surface area contributed by atoms with Gasteiger partial charge in [0.1, 0.15) is 5.65 Å². The Morgan fingerprint density at radius 3 is 2.83 bits per heavy atom. The van der Waals surface area contributed by atoms with Crippen molar-refractivity contribution in [3.63, 3.8) is 0 Å². The average Bonchev–Trinajstić information content (AvgIpc) is 3.37. The van der Waals surface area contributed by atoms with Gasteiger partial charge in [-0.1, -0.05) is 12.1 Å². The van der Waals surface area contributed by atoms with E-state index in [4.69, 9.17) is 4.74 Å². The number of para-hydroxylation sites is 1. The highest BCUT2D eigenvalue weighted by molar-refractivity contribution is 7.15. The molecule has 1 aliphatic rings. The smallest absolute Gasteiger partial charge is 0.165 e. The molecule has 4 heterocycles. The number of aromatic hydroxyl groups is 2. The number of hydrogen-bond acceptors (Lipinski definition) is 6. The van der Waals surface area contributed by atoms with Crippen molar-refractivity contribution in [2.45, 2.75) is 6.54 Å². The van der Waals surface area contributed by atoms with Gasteiger partial charge in [0.25, 0.3) is 0 Å². The van der Waals surface area contributed by atoms with E-state index in [0.29, 0.717) is 5.56 Å². The number of pyridine rings is 1. The van der Waals surface area contributed by atoms with E-state index in [-0.39, 0.29) is 11.5 Å². The molecule has 0 unspecified atom stereocenters. The second-order valence-corrected chi connectivity index (χ2v) is 8.32. The molecule has 0 bridgehead atoms. The lowest BCUT2D eigenvalue weighted by Crippen LogP contribution is -2.35. The van der Waals surface area contributed by atoms with Crippen molar-refractivity contribution in [1.82, 2.24) is 14.9 Å². The summed E-state index contributed by atoms with van der Waals surface area (Å²) in [6.45, 7) is 4.49. The van der Waals surface area contributed by atoms with Gasteiger partial charge < -0.3 is 19.9 Å². The molecule has 7 heteroatoms. The van der Waals surface area contributed by atoms with Crippen LogP contribution >= 0.6 is 11.3 Å². The molecule has 0 saturated carbocycles. The van der Waals surface area contributed by atoms with Crippen LogP contribution in [-0.2, 0) is 11.3 Å². The van der Waals surface area contributed by atoms with Crippen molar-refractivity contribution in [3.05, 3.63) is 53.7 Å². The quantitative estimate of drug-likeness (QED) is 0.442. The minimum atomic E-state index is -0.132. The largest absolute Gasteiger partial charge is 0.504 e. The zero-order valence-corrected chi connectivity index (χ0v) is 16.6. The van der Waals surface area contributed by atoms with Gasteiger partial charge >= 0.3 is 0 Å². The van der Waals surface area contributed by atoms with Gasteiger partial charge in [0.05, 0.1) is 13.2 Å². The Morgan fingerprint density at radius 1 is 1.10 bits per heavy atom. The molecule has 0 radical (unpaired) electrons. The molecule has 0 spiro atoms. The second kappa shape index (κ2) is 7.51. The fourth-order valence-electron chi connectivity index (χ4n) is 3.71. The van der Waals surface area contributed by atoms with E-state index in [1.807, 2.05) is 12.4 Å². The Balaban J connectivity index is 1.48. The Morgan fingerprint density at radius 2 is 1.97 bits per heavy atom. The number of aromatic amines is 1. The standard InChI is InChI=1S/C22H21N3O3S/c26-19-3-1-2-16(21(19)27)18-12-24-22-17(18)10-14(11-23-22)20-5-4-15(29-20)13-25-6-8-28-9-7-25/h1-5,10-12,26-27H,6-9,13H2,(H,23,24). The molecule has 5 rings (SSSR count). The van der Waals surface area contributed by atoms with Gasteiger partial charge in [0, 0.05) is 63.9 Å². The lowest BCUT2D eigenvalue weighted by atomic mass is 10.0. The van der Waals surface area contributed by atoms with Crippen LogP contribution in [0.5, 0.6) is 11.5 Å². The van der Waals surface area contributed by atoms with E-state index in [0.717, 1.165) is 59.9 Å². The van der Waals surface area contributed by atoms with Crippen molar-refractivity contribution >= 4 is 22.4 Å². The van der Waals surface area contributed by atoms with E-state index in [1.54, 1.807) is 23.5 Å². The molecule has 148 valence electrons. The average molecular weight is 407 g/mol. The predicted molar refractivity (Wildman–Crippen MR) is 114 cm³/mol. The second-order valence-electron chi connectivity index (χ2n) is 7.15. The third-order valence-corrected chi connectivity index (χ3v) is 6.38. The minimum Gasteiger partial charge on any atom is -0.504 e. The molecule has 0 aliphatic carbocycles. The number of H-pyrrole nitrogens is 1. The fraction of sp³-hybridized carbons (Fsp3) is 0.227. The Kier molecular flexibility index (Phi) is 4.71. The molecule has 1 aliphatic heterocycles. The van der Waals surface area contributed by atoms with E-state index in [2.05, 4.69) is 33.1 Å². The first kappa shape index (κ1) is 18.2. The van der Waals surface area contributed by atoms with Crippen LogP contribution in [0, 0.1) is 0 Å². The van der Waals surface area contributed by atoms with Crippen LogP contribution in [0.4, 0.5) is 0 Å². The SMILES string of the molecule is Oc1cccc(-c2c[nH]c3ncc(-c4ccc(CN5CCOCC5)s4)cc23)c1O. The Labute approximate surface area is 172 Å². The van der Waals surface area contributed by atoms with Crippen LogP contribution in [0.25, 0.3) is 32.6 Å². The maximum Gasteiger partial charge on any atom is 0.165 e. The number of ether oxygens (including phenoxy) is 1. The normalized spacial score (nSPS) is 15.2. The number of fused-ring (bicyclic) bond motifs is 1. The van der Waals surface area contributed by atoms with Gasteiger partial charge in [0.15, 0.2) is 11.5 Å². The fourth-order valence-corrected chi connectivity index (χ4v) is 4.74. The summed E-state index contributed by atoms with van der Waals surface area (Å²) in [4.78, 5) is 12.6. The predicted octanol–water partition coefficient (Wildman–Crippen LogP) is 4.20. The van der Waals surface area contributed by atoms with Crippen molar-refractivity contribution in [2.75, 3.05) is 26.3 Å². The van der Waals surface area contributed by atoms with Gasteiger partial charge in [-0.3, -0.25) is 4.90 Å². The molecule has 1 fully saturated rings. The molecule has 1 saturated heterocycles. The molecular formula is C22H21N3O3S. The van der Waals surface area contributed by atoms with Gasteiger partial charge in [-0.25, -0.2) is 4.98 Å². The number of phenols is 2.